The molecule has 3 rings (SSSR count). The van der Waals surface area contributed by atoms with Crippen molar-refractivity contribution in [1.29, 1.82) is 0 Å². The van der Waals surface area contributed by atoms with Crippen LogP contribution >= 0.6 is 0 Å². The number of carbonyl (C=O) groups excluding carboxylic acids is 3. The molecule has 0 bridgehead atoms. The second-order valence-electron chi connectivity index (χ2n) is 6.45. The molecule has 0 aliphatic carbocycles. The second-order valence-corrected chi connectivity index (χ2v) is 6.45. The van der Waals surface area contributed by atoms with E-state index in [1.807, 2.05) is 31.2 Å². The van der Waals surface area contributed by atoms with Gasteiger partial charge in [-0.25, -0.2) is 4.79 Å². The van der Waals surface area contributed by atoms with E-state index in [9.17, 15) is 19.5 Å². The van der Waals surface area contributed by atoms with E-state index >= 15 is 0 Å². The molecule has 2 N–H and O–H groups in total. The van der Waals surface area contributed by atoms with Crippen LogP contribution in [0.2, 0.25) is 0 Å². The fraction of sp³-hybridized carbons (Fsp3) is 0.250. The smallest absolute Gasteiger partial charge is 0.337 e. The summed E-state index contributed by atoms with van der Waals surface area (Å²) in [6, 6.07) is 11.6. The Labute approximate surface area is 156 Å². The van der Waals surface area contributed by atoms with Gasteiger partial charge in [0.1, 0.15) is 5.75 Å². The topological polar surface area (TPSA) is 95.9 Å². The Balaban J connectivity index is 1.69. The van der Waals surface area contributed by atoms with Crippen molar-refractivity contribution in [3.8, 4) is 5.75 Å². The van der Waals surface area contributed by atoms with Crippen molar-refractivity contribution >= 4 is 29.2 Å². The molecule has 7 heteroatoms. The third kappa shape index (κ3) is 3.92. The van der Waals surface area contributed by atoms with E-state index in [-0.39, 0.29) is 41.8 Å². The molecule has 1 unspecified atom stereocenters. The van der Waals surface area contributed by atoms with Crippen molar-refractivity contribution < 1.29 is 24.2 Å². The number of anilines is 2. The first-order valence-electron chi connectivity index (χ1n) is 8.48. The first kappa shape index (κ1) is 18.4. The number of esters is 1. The number of methoxy groups -OCH3 is 1. The summed E-state index contributed by atoms with van der Waals surface area (Å²) in [7, 11) is 1.24. The molecule has 1 aliphatic heterocycles. The lowest BCUT2D eigenvalue weighted by atomic mass is 10.1. The highest BCUT2D eigenvalue weighted by molar-refractivity contribution is 6.04. The number of phenols is 1. The number of carbonyl (C=O) groups is 3. The number of nitrogens with one attached hydrogen (secondary N) is 1. The molecule has 1 saturated heterocycles. The maximum absolute atomic E-state index is 12.5. The summed E-state index contributed by atoms with van der Waals surface area (Å²) in [5, 5.41) is 12.7. The first-order chi connectivity index (χ1) is 12.9. The number of ether oxygens (including phenoxy) is 1. The van der Waals surface area contributed by atoms with E-state index in [4.69, 9.17) is 0 Å². The van der Waals surface area contributed by atoms with Gasteiger partial charge in [-0.2, -0.15) is 0 Å². The first-order valence-corrected chi connectivity index (χ1v) is 8.48. The minimum atomic E-state index is -0.585. The molecular formula is C20H20N2O5. The second kappa shape index (κ2) is 7.49. The summed E-state index contributed by atoms with van der Waals surface area (Å²) >= 11 is 0. The van der Waals surface area contributed by atoms with Crippen LogP contribution < -0.4 is 10.2 Å². The molecule has 2 amide bonds. The van der Waals surface area contributed by atoms with Gasteiger partial charge in [0, 0.05) is 18.7 Å². The van der Waals surface area contributed by atoms with E-state index in [1.54, 1.807) is 4.90 Å². The van der Waals surface area contributed by atoms with Crippen LogP contribution in [0.1, 0.15) is 22.3 Å². The number of hydrogen-bond donors (Lipinski definition) is 2. The fourth-order valence-electron chi connectivity index (χ4n) is 2.97. The minimum Gasteiger partial charge on any atom is -0.506 e. The van der Waals surface area contributed by atoms with Crippen LogP contribution in [0.25, 0.3) is 0 Å². The van der Waals surface area contributed by atoms with E-state index < -0.39 is 11.9 Å². The zero-order valence-corrected chi connectivity index (χ0v) is 15.1. The third-order valence-corrected chi connectivity index (χ3v) is 4.52. The van der Waals surface area contributed by atoms with Crippen LogP contribution in [0.4, 0.5) is 11.4 Å². The van der Waals surface area contributed by atoms with Crippen molar-refractivity contribution in [2.24, 2.45) is 5.92 Å². The lowest BCUT2D eigenvalue weighted by molar-refractivity contribution is -0.122. The highest BCUT2D eigenvalue weighted by Crippen LogP contribution is 2.29. The van der Waals surface area contributed by atoms with Crippen LogP contribution in [-0.2, 0) is 14.3 Å². The molecule has 1 aliphatic rings. The molecule has 140 valence electrons. The number of aromatic hydroxyl groups is 1. The molecule has 0 aromatic heterocycles. The Bertz CT molecular complexity index is 892. The number of rotatable bonds is 4. The van der Waals surface area contributed by atoms with Crippen LogP contribution in [0.15, 0.2) is 42.5 Å². The summed E-state index contributed by atoms with van der Waals surface area (Å²) in [6.07, 6.45) is 0.0979. The van der Waals surface area contributed by atoms with Gasteiger partial charge in [0.2, 0.25) is 11.8 Å². The molecular weight excluding hydrogens is 348 g/mol. The Hall–Kier alpha value is -3.35. The maximum atomic E-state index is 12.5. The molecule has 0 radical (unpaired) electrons. The van der Waals surface area contributed by atoms with Crippen LogP contribution in [0, 0.1) is 12.8 Å². The highest BCUT2D eigenvalue weighted by Gasteiger charge is 2.35. The van der Waals surface area contributed by atoms with Gasteiger partial charge < -0.3 is 20.1 Å². The standard InChI is InChI=1S/C20H20N2O5/c1-12-3-6-15(7-4-12)22-11-14(10-18(22)24)19(25)21-16-8-5-13(9-17(16)23)20(26)27-2/h3-9,14,23H,10-11H2,1-2H3,(H,21,25). The average molecular weight is 368 g/mol. The van der Waals surface area contributed by atoms with Gasteiger partial charge in [0.05, 0.1) is 24.3 Å². The largest absolute Gasteiger partial charge is 0.506 e. The van der Waals surface area contributed by atoms with Gasteiger partial charge in [-0.1, -0.05) is 17.7 Å². The minimum absolute atomic E-state index is 0.0979. The van der Waals surface area contributed by atoms with Crippen molar-refractivity contribution in [2.45, 2.75) is 13.3 Å². The predicted molar refractivity (Wildman–Crippen MR) is 99.7 cm³/mol. The van der Waals surface area contributed by atoms with Crippen molar-refractivity contribution in [1.82, 2.24) is 0 Å². The van der Waals surface area contributed by atoms with Gasteiger partial charge in [-0.05, 0) is 37.3 Å². The number of aryl methyl sites for hydroxylation is 1. The predicted octanol–water partition coefficient (Wildman–Crippen LogP) is 2.48. The third-order valence-electron chi connectivity index (χ3n) is 4.52. The molecule has 0 saturated carbocycles. The van der Waals surface area contributed by atoms with E-state index in [1.165, 1.54) is 25.3 Å². The summed E-state index contributed by atoms with van der Waals surface area (Å²) in [5.41, 5.74) is 2.19. The van der Waals surface area contributed by atoms with Crippen molar-refractivity contribution in [3.05, 3.63) is 53.6 Å². The molecule has 1 fully saturated rings. The number of benzene rings is 2. The molecule has 0 spiro atoms. The molecule has 2 aromatic rings. The quantitative estimate of drug-likeness (QED) is 0.638. The molecule has 1 atom stereocenters. The summed E-state index contributed by atoms with van der Waals surface area (Å²) < 4.78 is 4.59. The lowest BCUT2D eigenvalue weighted by Crippen LogP contribution is -2.28. The zero-order chi connectivity index (χ0) is 19.6. The number of hydrogen-bond acceptors (Lipinski definition) is 5. The van der Waals surface area contributed by atoms with Gasteiger partial charge in [0.15, 0.2) is 0 Å². The molecule has 27 heavy (non-hydrogen) atoms. The number of amides is 2. The van der Waals surface area contributed by atoms with E-state index in [2.05, 4.69) is 10.1 Å². The van der Waals surface area contributed by atoms with Gasteiger partial charge >= 0.3 is 5.97 Å². The summed E-state index contributed by atoms with van der Waals surface area (Å²) in [6.45, 7) is 2.23. The van der Waals surface area contributed by atoms with Crippen LogP contribution in [-0.4, -0.2) is 36.5 Å². The van der Waals surface area contributed by atoms with Crippen LogP contribution in [0.5, 0.6) is 5.75 Å². The van der Waals surface area contributed by atoms with Gasteiger partial charge in [-0.15, -0.1) is 0 Å². The number of phenolic OH excluding ortho intramolecular Hbond substituents is 1. The maximum Gasteiger partial charge on any atom is 0.337 e. The highest BCUT2D eigenvalue weighted by atomic mass is 16.5. The van der Waals surface area contributed by atoms with E-state index in [0.717, 1.165) is 11.3 Å². The summed E-state index contributed by atoms with van der Waals surface area (Å²) in [5.74, 6) is -1.84. The van der Waals surface area contributed by atoms with E-state index in [0.29, 0.717) is 0 Å². The Morgan fingerprint density at radius 3 is 2.52 bits per heavy atom. The Morgan fingerprint density at radius 2 is 1.89 bits per heavy atom. The zero-order valence-electron chi connectivity index (χ0n) is 15.1. The van der Waals surface area contributed by atoms with Crippen molar-refractivity contribution in [2.75, 3.05) is 23.9 Å². The van der Waals surface area contributed by atoms with Crippen LogP contribution in [0.3, 0.4) is 0 Å². The average Bonchev–Trinajstić information content (AvgIpc) is 3.05. The van der Waals surface area contributed by atoms with Gasteiger partial charge in [0.25, 0.3) is 0 Å². The Morgan fingerprint density at radius 1 is 1.19 bits per heavy atom. The molecule has 2 aromatic carbocycles. The fourth-order valence-corrected chi connectivity index (χ4v) is 2.97. The summed E-state index contributed by atoms with van der Waals surface area (Å²) in [4.78, 5) is 37.9. The Kier molecular flexibility index (Phi) is 5.12. The van der Waals surface area contributed by atoms with Crippen molar-refractivity contribution in [3.63, 3.8) is 0 Å². The number of nitrogens with zero attached hydrogens (tertiary/aromatic N) is 1. The normalized spacial score (nSPS) is 16.3. The SMILES string of the molecule is COC(=O)c1ccc(NC(=O)C2CC(=O)N(c3ccc(C)cc3)C2)c(O)c1. The van der Waals surface area contributed by atoms with Gasteiger partial charge in [-0.3, -0.25) is 9.59 Å². The molecule has 7 nitrogen and oxygen atoms in total. The molecule has 1 heterocycles. The monoisotopic (exact) mass is 368 g/mol. The lowest BCUT2D eigenvalue weighted by Gasteiger charge is -2.17.